The number of nitrogens with zero attached hydrogens (tertiary/aromatic N) is 1. The molecule has 0 aliphatic heterocycles. The Hall–Kier alpha value is -0.970. The van der Waals surface area contributed by atoms with Crippen LogP contribution in [0.3, 0.4) is 0 Å². The molecule has 0 spiro atoms. The van der Waals surface area contributed by atoms with Gasteiger partial charge in [0.05, 0.1) is 19.5 Å². The Morgan fingerprint density at radius 3 is 2.73 bits per heavy atom. The Bertz CT molecular complexity index is 344. The normalized spacial score (nSPS) is 10.2. The third-order valence-corrected chi connectivity index (χ3v) is 2.38. The SMILES string of the molecule is COc1c(C)cc(Cl)cc1N(C)CNN. The lowest BCUT2D eigenvalue weighted by Crippen LogP contribution is -2.35. The quantitative estimate of drug-likeness (QED) is 0.467. The van der Waals surface area contributed by atoms with Gasteiger partial charge in [0.25, 0.3) is 0 Å². The summed E-state index contributed by atoms with van der Waals surface area (Å²) in [4.78, 5) is 1.93. The van der Waals surface area contributed by atoms with Gasteiger partial charge in [-0.25, -0.2) is 5.43 Å². The summed E-state index contributed by atoms with van der Waals surface area (Å²) in [6.45, 7) is 2.48. The molecule has 5 heteroatoms. The predicted octanol–water partition coefficient (Wildman–Crippen LogP) is 1.51. The van der Waals surface area contributed by atoms with E-state index in [-0.39, 0.29) is 0 Å². The van der Waals surface area contributed by atoms with E-state index < -0.39 is 0 Å². The molecule has 0 amide bonds. The van der Waals surface area contributed by atoms with Crippen molar-refractivity contribution < 1.29 is 4.74 Å². The first-order valence-corrected chi connectivity index (χ1v) is 4.96. The zero-order valence-electron chi connectivity index (χ0n) is 9.17. The lowest BCUT2D eigenvalue weighted by molar-refractivity contribution is 0.411. The van der Waals surface area contributed by atoms with Gasteiger partial charge in [-0.15, -0.1) is 0 Å². The van der Waals surface area contributed by atoms with Crippen molar-refractivity contribution in [3.8, 4) is 5.75 Å². The maximum absolute atomic E-state index is 5.99. The largest absolute Gasteiger partial charge is 0.494 e. The molecule has 0 saturated carbocycles. The Morgan fingerprint density at radius 2 is 2.20 bits per heavy atom. The minimum atomic E-state index is 0.524. The minimum absolute atomic E-state index is 0.524. The number of hydrazine groups is 1. The fraction of sp³-hybridized carbons (Fsp3) is 0.400. The van der Waals surface area contributed by atoms with Gasteiger partial charge in [0.2, 0.25) is 0 Å². The molecule has 0 saturated heterocycles. The van der Waals surface area contributed by atoms with Gasteiger partial charge in [0.1, 0.15) is 5.75 Å². The number of methoxy groups -OCH3 is 1. The van der Waals surface area contributed by atoms with Crippen LogP contribution in [0.2, 0.25) is 5.02 Å². The molecule has 1 aromatic rings. The van der Waals surface area contributed by atoms with Crippen LogP contribution in [-0.2, 0) is 0 Å². The molecule has 1 rings (SSSR count). The van der Waals surface area contributed by atoms with Crippen LogP contribution in [0.1, 0.15) is 5.56 Å². The number of hydrogen-bond donors (Lipinski definition) is 2. The Balaban J connectivity index is 3.13. The van der Waals surface area contributed by atoms with E-state index >= 15 is 0 Å². The summed E-state index contributed by atoms with van der Waals surface area (Å²) in [5, 5.41) is 0.687. The van der Waals surface area contributed by atoms with Crippen LogP contribution in [0.25, 0.3) is 0 Å². The number of nitrogens with one attached hydrogen (secondary N) is 1. The second kappa shape index (κ2) is 5.21. The van der Waals surface area contributed by atoms with Gasteiger partial charge >= 0.3 is 0 Å². The van der Waals surface area contributed by atoms with Crippen molar-refractivity contribution in [2.45, 2.75) is 6.92 Å². The molecule has 0 bridgehead atoms. The molecular weight excluding hydrogens is 214 g/mol. The van der Waals surface area contributed by atoms with Crippen LogP contribution >= 0.6 is 11.6 Å². The summed E-state index contributed by atoms with van der Waals surface area (Å²) in [6.07, 6.45) is 0. The van der Waals surface area contributed by atoms with Crippen LogP contribution in [0.5, 0.6) is 5.75 Å². The Kier molecular flexibility index (Phi) is 4.20. The van der Waals surface area contributed by atoms with E-state index in [0.29, 0.717) is 11.7 Å². The first-order valence-electron chi connectivity index (χ1n) is 4.59. The van der Waals surface area contributed by atoms with Crippen molar-refractivity contribution in [2.24, 2.45) is 5.84 Å². The number of nitrogens with two attached hydrogens (primary N) is 1. The summed E-state index contributed by atoms with van der Waals surface area (Å²) >= 11 is 5.99. The highest BCUT2D eigenvalue weighted by Gasteiger charge is 2.11. The highest BCUT2D eigenvalue weighted by molar-refractivity contribution is 6.31. The van der Waals surface area contributed by atoms with Gasteiger partial charge < -0.3 is 9.64 Å². The van der Waals surface area contributed by atoms with E-state index in [1.54, 1.807) is 7.11 Å². The number of aryl methyl sites for hydroxylation is 1. The van der Waals surface area contributed by atoms with E-state index in [1.165, 1.54) is 0 Å². The maximum atomic E-state index is 5.99. The summed E-state index contributed by atoms with van der Waals surface area (Å²) in [5.74, 6) is 6.09. The average Bonchev–Trinajstić information content (AvgIpc) is 2.17. The number of halogens is 1. The van der Waals surface area contributed by atoms with Crippen molar-refractivity contribution >= 4 is 17.3 Å². The molecular formula is C10H16ClN3O. The van der Waals surface area contributed by atoms with Gasteiger partial charge in [-0.05, 0) is 24.6 Å². The van der Waals surface area contributed by atoms with Gasteiger partial charge in [-0.1, -0.05) is 11.6 Å². The topological polar surface area (TPSA) is 50.5 Å². The average molecular weight is 230 g/mol. The van der Waals surface area contributed by atoms with Crippen molar-refractivity contribution in [3.63, 3.8) is 0 Å². The standard InChI is InChI=1S/C10H16ClN3O/c1-7-4-8(11)5-9(10(7)15-3)14(2)6-13-12/h4-5,13H,6,12H2,1-3H3. The molecule has 0 aliphatic rings. The van der Waals surface area contributed by atoms with Crippen LogP contribution < -0.4 is 20.9 Å². The summed E-state index contributed by atoms with van der Waals surface area (Å²) in [5.41, 5.74) is 4.50. The zero-order valence-corrected chi connectivity index (χ0v) is 9.93. The van der Waals surface area contributed by atoms with Crippen molar-refractivity contribution in [3.05, 3.63) is 22.7 Å². The summed E-state index contributed by atoms with van der Waals surface area (Å²) < 4.78 is 5.33. The van der Waals surface area contributed by atoms with E-state index in [2.05, 4.69) is 5.43 Å². The molecule has 84 valence electrons. The lowest BCUT2D eigenvalue weighted by Gasteiger charge is -2.22. The maximum Gasteiger partial charge on any atom is 0.145 e. The molecule has 1 aromatic carbocycles. The first-order chi connectivity index (χ1) is 7.10. The highest BCUT2D eigenvalue weighted by atomic mass is 35.5. The second-order valence-electron chi connectivity index (χ2n) is 3.34. The van der Waals surface area contributed by atoms with Crippen molar-refractivity contribution in [1.29, 1.82) is 0 Å². The number of ether oxygens (including phenoxy) is 1. The molecule has 0 unspecified atom stereocenters. The minimum Gasteiger partial charge on any atom is -0.494 e. The third-order valence-electron chi connectivity index (χ3n) is 2.16. The second-order valence-corrected chi connectivity index (χ2v) is 3.77. The highest BCUT2D eigenvalue weighted by Crippen LogP contribution is 2.33. The van der Waals surface area contributed by atoms with Gasteiger partial charge in [0, 0.05) is 12.1 Å². The zero-order chi connectivity index (χ0) is 11.4. The molecule has 15 heavy (non-hydrogen) atoms. The molecule has 0 radical (unpaired) electrons. The van der Waals surface area contributed by atoms with Gasteiger partial charge in [-0.2, -0.15) is 0 Å². The predicted molar refractivity (Wildman–Crippen MR) is 63.3 cm³/mol. The van der Waals surface area contributed by atoms with Gasteiger partial charge in [0.15, 0.2) is 0 Å². The van der Waals surface area contributed by atoms with E-state index in [0.717, 1.165) is 17.0 Å². The number of anilines is 1. The molecule has 0 heterocycles. The Morgan fingerprint density at radius 1 is 1.53 bits per heavy atom. The third kappa shape index (κ3) is 2.75. The van der Waals surface area contributed by atoms with E-state index in [9.17, 15) is 0 Å². The van der Waals surface area contributed by atoms with Crippen molar-refractivity contribution in [2.75, 3.05) is 25.7 Å². The fourth-order valence-corrected chi connectivity index (χ4v) is 1.75. The smallest absolute Gasteiger partial charge is 0.145 e. The first kappa shape index (κ1) is 12.1. The number of hydrogen-bond acceptors (Lipinski definition) is 4. The van der Waals surface area contributed by atoms with Crippen LogP contribution in [0.4, 0.5) is 5.69 Å². The van der Waals surface area contributed by atoms with Gasteiger partial charge in [-0.3, -0.25) is 5.84 Å². The molecule has 0 fully saturated rings. The summed E-state index contributed by atoms with van der Waals surface area (Å²) in [6, 6.07) is 3.72. The lowest BCUT2D eigenvalue weighted by atomic mass is 10.2. The fourth-order valence-electron chi connectivity index (χ4n) is 1.48. The summed E-state index contributed by atoms with van der Waals surface area (Å²) in [7, 11) is 3.55. The number of benzene rings is 1. The van der Waals surface area contributed by atoms with Crippen LogP contribution in [-0.4, -0.2) is 20.8 Å². The molecule has 4 nitrogen and oxygen atoms in total. The monoisotopic (exact) mass is 229 g/mol. The molecule has 0 aromatic heterocycles. The molecule has 0 atom stereocenters. The van der Waals surface area contributed by atoms with E-state index in [4.69, 9.17) is 22.2 Å². The van der Waals surface area contributed by atoms with E-state index in [1.807, 2.05) is 31.0 Å². The van der Waals surface area contributed by atoms with Crippen LogP contribution in [0, 0.1) is 6.92 Å². The molecule has 0 aliphatic carbocycles. The van der Waals surface area contributed by atoms with Crippen LogP contribution in [0.15, 0.2) is 12.1 Å². The molecule has 3 N–H and O–H groups in total. The number of rotatable bonds is 4. The Labute approximate surface area is 94.9 Å². The van der Waals surface area contributed by atoms with Crippen molar-refractivity contribution in [1.82, 2.24) is 5.43 Å².